The van der Waals surface area contributed by atoms with E-state index >= 15 is 0 Å². The molecule has 0 aliphatic carbocycles. The van der Waals surface area contributed by atoms with E-state index in [9.17, 15) is 31.1 Å². The van der Waals surface area contributed by atoms with Gasteiger partial charge in [0.25, 0.3) is 11.9 Å². The second-order valence-corrected chi connectivity index (χ2v) is 7.08. The van der Waals surface area contributed by atoms with E-state index in [0.717, 1.165) is 4.68 Å². The number of aromatic nitrogens is 5. The van der Waals surface area contributed by atoms with Crippen LogP contribution in [0.4, 0.5) is 32.3 Å². The molecule has 0 spiro atoms. The first-order chi connectivity index (χ1) is 15.3. The molecule has 2 aromatic heterocycles. The summed E-state index contributed by atoms with van der Waals surface area (Å²) in [5.41, 5.74) is -4.04. The fourth-order valence-corrected chi connectivity index (χ4v) is 2.80. The smallest absolute Gasteiger partial charge is 0.356 e. The Balaban J connectivity index is 1.96. The van der Waals surface area contributed by atoms with Gasteiger partial charge in [0.05, 0.1) is 34.6 Å². The molecule has 0 aliphatic heterocycles. The lowest BCUT2D eigenvalue weighted by Gasteiger charge is -2.16. The lowest BCUT2D eigenvalue weighted by Crippen LogP contribution is -2.29. The minimum Gasteiger partial charge on any atom is -0.356 e. The highest BCUT2D eigenvalue weighted by Gasteiger charge is 2.37. The number of anilines is 1. The van der Waals surface area contributed by atoms with Crippen LogP contribution >= 0.6 is 11.6 Å². The van der Waals surface area contributed by atoms with Gasteiger partial charge in [0.2, 0.25) is 5.95 Å². The van der Waals surface area contributed by atoms with Crippen molar-refractivity contribution < 1.29 is 31.1 Å². The Labute approximate surface area is 187 Å². The Bertz CT molecular complexity index is 1130. The van der Waals surface area contributed by atoms with Crippen LogP contribution in [-0.2, 0) is 12.4 Å². The first-order valence-corrected chi connectivity index (χ1v) is 9.40. The Morgan fingerprint density at radius 3 is 2.06 bits per heavy atom. The maximum atomic E-state index is 13.1. The highest BCUT2D eigenvalue weighted by atomic mass is 35.5. The van der Waals surface area contributed by atoms with E-state index in [2.05, 4.69) is 30.7 Å². The van der Waals surface area contributed by atoms with Gasteiger partial charge >= 0.3 is 12.4 Å². The summed E-state index contributed by atoms with van der Waals surface area (Å²) in [6.45, 7) is 1.41. The zero-order valence-corrected chi connectivity index (χ0v) is 17.5. The lowest BCUT2D eigenvalue weighted by molar-refractivity contribution is -0.143. The number of nitrogens with one attached hydrogen (secondary N) is 2. The molecule has 0 saturated heterocycles. The SMILES string of the molecule is CNc1nc([C@H](C)NC(=O)c2cc(C(F)(F)F)cc(C(F)(F)F)c2)n(-c2ncc(Cl)cn2)n1. The Kier molecular flexibility index (Phi) is 6.49. The van der Waals surface area contributed by atoms with E-state index < -0.39 is 41.0 Å². The predicted octanol–water partition coefficient (Wildman–Crippen LogP) is 4.28. The summed E-state index contributed by atoms with van der Waals surface area (Å²) in [7, 11) is 1.51. The first kappa shape index (κ1) is 24.2. The zero-order chi connectivity index (χ0) is 24.6. The van der Waals surface area contributed by atoms with Crippen molar-refractivity contribution >= 4 is 23.5 Å². The Hall–Kier alpha value is -3.42. The standard InChI is InChI=1S/C18H14ClF6N7O/c1-8(13-30-15(26-2)31-32(13)16-27-6-12(19)7-28-16)29-14(33)9-3-10(17(20,21)22)5-11(4-9)18(23,24)25/h3-8H,1-2H3,(H,26,31)(H,29,33)/t8-/m0/s1. The number of hydrogen-bond acceptors (Lipinski definition) is 6. The highest BCUT2D eigenvalue weighted by Crippen LogP contribution is 2.36. The third kappa shape index (κ3) is 5.50. The van der Waals surface area contributed by atoms with E-state index in [1.54, 1.807) is 0 Å². The van der Waals surface area contributed by atoms with Gasteiger partial charge in [-0.05, 0) is 25.1 Å². The summed E-state index contributed by atoms with van der Waals surface area (Å²) in [5, 5.41) is 9.33. The van der Waals surface area contributed by atoms with Crippen LogP contribution in [0.15, 0.2) is 30.6 Å². The molecule has 2 N–H and O–H groups in total. The predicted molar refractivity (Wildman–Crippen MR) is 104 cm³/mol. The molecule has 15 heteroatoms. The topological polar surface area (TPSA) is 97.6 Å². The van der Waals surface area contributed by atoms with Crippen molar-refractivity contribution in [2.45, 2.75) is 25.3 Å². The van der Waals surface area contributed by atoms with Crippen LogP contribution in [0.5, 0.6) is 0 Å². The normalized spacial score (nSPS) is 13.0. The molecule has 1 atom stereocenters. The largest absolute Gasteiger partial charge is 0.416 e. The van der Waals surface area contributed by atoms with E-state index in [-0.39, 0.29) is 28.8 Å². The number of carbonyl (C=O) groups is 1. The summed E-state index contributed by atoms with van der Waals surface area (Å²) >= 11 is 5.76. The van der Waals surface area contributed by atoms with Gasteiger partial charge in [-0.15, -0.1) is 5.10 Å². The second kappa shape index (κ2) is 8.84. The molecular formula is C18H14ClF6N7O. The van der Waals surface area contributed by atoms with Crippen LogP contribution in [0.3, 0.4) is 0 Å². The van der Waals surface area contributed by atoms with Gasteiger partial charge in [0, 0.05) is 12.6 Å². The van der Waals surface area contributed by atoms with Crippen molar-refractivity contribution in [2.24, 2.45) is 0 Å². The Morgan fingerprint density at radius 2 is 1.58 bits per heavy atom. The van der Waals surface area contributed by atoms with E-state index in [4.69, 9.17) is 11.6 Å². The molecule has 8 nitrogen and oxygen atoms in total. The quantitative estimate of drug-likeness (QED) is 0.515. The molecule has 0 aliphatic rings. The van der Waals surface area contributed by atoms with Crippen molar-refractivity contribution in [1.29, 1.82) is 0 Å². The summed E-state index contributed by atoms with van der Waals surface area (Å²) in [6, 6.07) is -0.407. The fraction of sp³-hybridized carbons (Fsp3) is 0.278. The lowest BCUT2D eigenvalue weighted by atomic mass is 10.0. The number of nitrogens with zero attached hydrogens (tertiary/aromatic N) is 5. The maximum absolute atomic E-state index is 13.1. The number of hydrogen-bond donors (Lipinski definition) is 2. The van der Waals surface area contributed by atoms with Crippen molar-refractivity contribution in [3.8, 4) is 5.95 Å². The first-order valence-electron chi connectivity index (χ1n) is 9.02. The Morgan fingerprint density at radius 1 is 1.03 bits per heavy atom. The van der Waals surface area contributed by atoms with Gasteiger partial charge in [0.1, 0.15) is 0 Å². The second-order valence-electron chi connectivity index (χ2n) is 6.65. The molecule has 3 rings (SSSR count). The van der Waals surface area contributed by atoms with Crippen LogP contribution < -0.4 is 10.6 Å². The van der Waals surface area contributed by atoms with Crippen LogP contribution in [0.2, 0.25) is 5.02 Å². The number of carbonyl (C=O) groups excluding carboxylic acids is 1. The van der Waals surface area contributed by atoms with E-state index in [1.807, 2.05) is 0 Å². The monoisotopic (exact) mass is 493 g/mol. The van der Waals surface area contributed by atoms with Crippen LogP contribution in [0.1, 0.15) is 40.3 Å². The zero-order valence-electron chi connectivity index (χ0n) is 16.8. The third-order valence-corrected chi connectivity index (χ3v) is 4.43. The van der Waals surface area contributed by atoms with Gasteiger partial charge in [-0.3, -0.25) is 4.79 Å². The molecule has 3 aromatic rings. The van der Waals surface area contributed by atoms with E-state index in [0.29, 0.717) is 12.1 Å². The summed E-state index contributed by atoms with van der Waals surface area (Å²) in [6.07, 6.45) is -7.62. The average Bonchev–Trinajstić information content (AvgIpc) is 3.17. The van der Waals surface area contributed by atoms with Crippen molar-refractivity contribution in [1.82, 2.24) is 30.0 Å². The molecular weight excluding hydrogens is 480 g/mol. The third-order valence-electron chi connectivity index (χ3n) is 4.24. The number of rotatable bonds is 5. The van der Waals surface area contributed by atoms with Crippen LogP contribution in [-0.4, -0.2) is 37.7 Å². The molecule has 0 saturated carbocycles. The van der Waals surface area contributed by atoms with Gasteiger partial charge in [0.15, 0.2) is 5.82 Å². The van der Waals surface area contributed by atoms with Crippen molar-refractivity contribution in [2.75, 3.05) is 12.4 Å². The van der Waals surface area contributed by atoms with E-state index in [1.165, 1.54) is 26.4 Å². The molecule has 0 fully saturated rings. The number of halogens is 7. The fourth-order valence-electron chi connectivity index (χ4n) is 2.70. The van der Waals surface area contributed by atoms with Gasteiger partial charge < -0.3 is 10.6 Å². The summed E-state index contributed by atoms with van der Waals surface area (Å²) < 4.78 is 79.7. The molecule has 1 aromatic carbocycles. The van der Waals surface area contributed by atoms with Gasteiger partial charge in [-0.2, -0.15) is 36.0 Å². The minimum atomic E-state index is -5.09. The summed E-state index contributed by atoms with van der Waals surface area (Å²) in [5.74, 6) is -1.01. The molecule has 33 heavy (non-hydrogen) atoms. The molecule has 0 radical (unpaired) electrons. The average molecular weight is 494 g/mol. The molecule has 176 valence electrons. The van der Waals surface area contributed by atoms with Crippen molar-refractivity contribution in [3.05, 3.63) is 58.1 Å². The maximum Gasteiger partial charge on any atom is 0.416 e. The molecule has 1 amide bonds. The highest BCUT2D eigenvalue weighted by molar-refractivity contribution is 6.30. The molecule has 0 unspecified atom stereocenters. The van der Waals surface area contributed by atoms with Crippen molar-refractivity contribution in [3.63, 3.8) is 0 Å². The number of amides is 1. The molecule has 0 bridgehead atoms. The van der Waals surface area contributed by atoms with Crippen LogP contribution in [0.25, 0.3) is 5.95 Å². The molecule has 2 heterocycles. The minimum absolute atomic E-state index is 0.0166. The number of benzene rings is 1. The number of alkyl halides is 6. The van der Waals surface area contributed by atoms with Gasteiger partial charge in [-0.1, -0.05) is 11.6 Å². The van der Waals surface area contributed by atoms with Crippen LogP contribution in [0, 0.1) is 0 Å². The summed E-state index contributed by atoms with van der Waals surface area (Å²) in [4.78, 5) is 24.7. The van der Waals surface area contributed by atoms with Gasteiger partial charge in [-0.25, -0.2) is 9.97 Å².